The molecule has 0 bridgehead atoms. The van der Waals surface area contributed by atoms with Crippen molar-refractivity contribution in [2.45, 2.75) is 50.7 Å². The molecule has 3 nitrogen and oxygen atoms in total. The molecule has 2 aliphatic rings. The van der Waals surface area contributed by atoms with Crippen LogP contribution in [0.3, 0.4) is 0 Å². The van der Waals surface area contributed by atoms with Crippen molar-refractivity contribution in [2.75, 3.05) is 26.7 Å². The van der Waals surface area contributed by atoms with Crippen LogP contribution >= 0.6 is 0 Å². The molecule has 2 rings (SSSR count). The molecule has 2 atom stereocenters. The van der Waals surface area contributed by atoms with Crippen molar-refractivity contribution in [3.8, 4) is 0 Å². The first-order chi connectivity index (χ1) is 7.22. The Morgan fingerprint density at radius 2 is 1.87 bits per heavy atom. The van der Waals surface area contributed by atoms with Crippen molar-refractivity contribution in [3.05, 3.63) is 0 Å². The number of hydrogen-bond donors (Lipinski definition) is 1. The smallest absolute Gasteiger partial charge is 0.0343 e. The lowest BCUT2D eigenvalue weighted by Crippen LogP contribution is -2.60. The fourth-order valence-electron chi connectivity index (χ4n) is 3.23. The summed E-state index contributed by atoms with van der Waals surface area (Å²) in [4.78, 5) is 5.14. The van der Waals surface area contributed by atoms with Crippen molar-refractivity contribution in [2.24, 2.45) is 5.73 Å². The van der Waals surface area contributed by atoms with Gasteiger partial charge in [0.05, 0.1) is 0 Å². The number of rotatable bonds is 2. The van der Waals surface area contributed by atoms with Crippen molar-refractivity contribution >= 4 is 0 Å². The van der Waals surface area contributed by atoms with Gasteiger partial charge in [-0.1, -0.05) is 12.8 Å². The predicted octanol–water partition coefficient (Wildman–Crippen LogP) is 0.892. The van der Waals surface area contributed by atoms with Gasteiger partial charge in [0.25, 0.3) is 0 Å². The Morgan fingerprint density at radius 1 is 1.20 bits per heavy atom. The molecule has 3 heteroatoms. The van der Waals surface area contributed by atoms with Gasteiger partial charge in [-0.3, -0.25) is 9.80 Å². The van der Waals surface area contributed by atoms with Crippen LogP contribution in [0, 0.1) is 0 Å². The van der Waals surface area contributed by atoms with Crippen LogP contribution in [0.4, 0.5) is 0 Å². The third kappa shape index (κ3) is 2.35. The van der Waals surface area contributed by atoms with Gasteiger partial charge in [-0.15, -0.1) is 0 Å². The molecule has 0 aromatic heterocycles. The largest absolute Gasteiger partial charge is 0.329 e. The molecule has 1 saturated carbocycles. The van der Waals surface area contributed by atoms with E-state index < -0.39 is 0 Å². The molecule has 15 heavy (non-hydrogen) atoms. The molecule has 0 aromatic rings. The highest BCUT2D eigenvalue weighted by Crippen LogP contribution is 2.27. The molecular weight excluding hydrogens is 186 g/mol. The SMILES string of the molecule is CC1CN(C)C(CN)CN1C1CCCC1. The van der Waals surface area contributed by atoms with E-state index in [1.54, 1.807) is 0 Å². The van der Waals surface area contributed by atoms with Crippen molar-refractivity contribution in [1.29, 1.82) is 0 Å². The Bertz CT molecular complexity index is 201. The number of piperazine rings is 1. The van der Waals surface area contributed by atoms with Crippen LogP contribution in [0.2, 0.25) is 0 Å². The van der Waals surface area contributed by atoms with Gasteiger partial charge >= 0.3 is 0 Å². The van der Waals surface area contributed by atoms with E-state index in [2.05, 4.69) is 23.8 Å². The van der Waals surface area contributed by atoms with Gasteiger partial charge in [-0.05, 0) is 26.8 Å². The van der Waals surface area contributed by atoms with Gasteiger partial charge in [0, 0.05) is 37.8 Å². The van der Waals surface area contributed by atoms with Crippen molar-refractivity contribution in [3.63, 3.8) is 0 Å². The van der Waals surface area contributed by atoms with Crippen molar-refractivity contribution < 1.29 is 0 Å². The van der Waals surface area contributed by atoms with Crippen LogP contribution < -0.4 is 5.73 Å². The van der Waals surface area contributed by atoms with E-state index in [0.29, 0.717) is 12.1 Å². The topological polar surface area (TPSA) is 32.5 Å². The van der Waals surface area contributed by atoms with Gasteiger partial charge in [0.2, 0.25) is 0 Å². The Balaban J connectivity index is 1.98. The van der Waals surface area contributed by atoms with Gasteiger partial charge in [-0.25, -0.2) is 0 Å². The molecule has 2 N–H and O–H groups in total. The van der Waals surface area contributed by atoms with E-state index in [4.69, 9.17) is 5.73 Å². The summed E-state index contributed by atoms with van der Waals surface area (Å²) in [5.74, 6) is 0. The zero-order valence-corrected chi connectivity index (χ0v) is 10.2. The van der Waals surface area contributed by atoms with Gasteiger partial charge in [0.1, 0.15) is 0 Å². The zero-order valence-electron chi connectivity index (χ0n) is 10.2. The van der Waals surface area contributed by atoms with Gasteiger partial charge in [-0.2, -0.15) is 0 Å². The summed E-state index contributed by atoms with van der Waals surface area (Å²) in [5, 5.41) is 0. The molecule has 2 fully saturated rings. The Labute approximate surface area is 93.6 Å². The van der Waals surface area contributed by atoms with E-state index in [9.17, 15) is 0 Å². The van der Waals surface area contributed by atoms with E-state index in [0.717, 1.165) is 12.6 Å². The third-order valence-electron chi connectivity index (χ3n) is 4.23. The molecule has 1 aliphatic carbocycles. The van der Waals surface area contributed by atoms with Crippen LogP contribution in [0.15, 0.2) is 0 Å². The van der Waals surface area contributed by atoms with Crippen LogP contribution in [-0.2, 0) is 0 Å². The minimum atomic E-state index is 0.571. The van der Waals surface area contributed by atoms with Crippen LogP contribution in [0.25, 0.3) is 0 Å². The quantitative estimate of drug-likeness (QED) is 0.736. The molecule has 0 spiro atoms. The molecule has 0 aromatic carbocycles. The van der Waals surface area contributed by atoms with Crippen molar-refractivity contribution in [1.82, 2.24) is 9.80 Å². The molecule has 2 unspecified atom stereocenters. The van der Waals surface area contributed by atoms with Crippen LogP contribution in [-0.4, -0.2) is 54.6 Å². The first-order valence-corrected chi connectivity index (χ1v) is 6.38. The lowest BCUT2D eigenvalue weighted by molar-refractivity contribution is 0.0267. The van der Waals surface area contributed by atoms with Gasteiger partial charge in [0.15, 0.2) is 0 Å². The first kappa shape index (κ1) is 11.4. The number of hydrogen-bond acceptors (Lipinski definition) is 3. The Morgan fingerprint density at radius 3 is 2.47 bits per heavy atom. The predicted molar refractivity (Wildman–Crippen MR) is 63.9 cm³/mol. The molecule has 0 radical (unpaired) electrons. The Hall–Kier alpha value is -0.120. The highest BCUT2D eigenvalue weighted by atomic mass is 15.3. The molecule has 88 valence electrons. The molecule has 1 aliphatic heterocycles. The summed E-state index contributed by atoms with van der Waals surface area (Å²) in [6.45, 7) is 5.52. The van der Waals surface area contributed by atoms with E-state index >= 15 is 0 Å². The van der Waals surface area contributed by atoms with E-state index in [1.807, 2.05) is 0 Å². The highest BCUT2D eigenvalue weighted by Gasteiger charge is 2.33. The molecule has 0 amide bonds. The summed E-state index contributed by atoms with van der Waals surface area (Å²) in [7, 11) is 2.21. The standard InChI is InChI=1S/C12H25N3/c1-10-8-14(2)12(7-13)9-15(10)11-5-3-4-6-11/h10-12H,3-9,13H2,1-2H3. The number of nitrogens with zero attached hydrogens (tertiary/aromatic N) is 2. The second kappa shape index (κ2) is 4.81. The van der Waals surface area contributed by atoms with Crippen LogP contribution in [0.5, 0.6) is 0 Å². The number of nitrogens with two attached hydrogens (primary N) is 1. The maximum absolute atomic E-state index is 5.83. The second-order valence-corrected chi connectivity index (χ2v) is 5.31. The van der Waals surface area contributed by atoms with Crippen LogP contribution in [0.1, 0.15) is 32.6 Å². The molecule has 1 heterocycles. The monoisotopic (exact) mass is 211 g/mol. The minimum absolute atomic E-state index is 0.571. The van der Waals surface area contributed by atoms with Gasteiger partial charge < -0.3 is 5.73 Å². The summed E-state index contributed by atoms with van der Waals surface area (Å²) >= 11 is 0. The lowest BCUT2D eigenvalue weighted by Gasteiger charge is -2.46. The van der Waals surface area contributed by atoms with E-state index in [1.165, 1.54) is 38.8 Å². The number of likely N-dealkylation sites (N-methyl/N-ethyl adjacent to an activating group) is 1. The lowest BCUT2D eigenvalue weighted by atomic mass is 10.0. The fourth-order valence-corrected chi connectivity index (χ4v) is 3.23. The summed E-state index contributed by atoms with van der Waals surface area (Å²) < 4.78 is 0. The molecular formula is C12H25N3. The summed E-state index contributed by atoms with van der Waals surface area (Å²) in [6, 6.07) is 2.13. The molecule has 1 saturated heterocycles. The Kier molecular flexibility index (Phi) is 3.65. The normalized spacial score (nSPS) is 36.2. The average molecular weight is 211 g/mol. The fraction of sp³-hybridized carbons (Fsp3) is 1.00. The summed E-state index contributed by atoms with van der Waals surface area (Å²) in [5.41, 5.74) is 5.83. The highest BCUT2D eigenvalue weighted by molar-refractivity contribution is 4.90. The second-order valence-electron chi connectivity index (χ2n) is 5.31. The zero-order chi connectivity index (χ0) is 10.8. The average Bonchev–Trinajstić information content (AvgIpc) is 2.71. The van der Waals surface area contributed by atoms with E-state index in [-0.39, 0.29) is 0 Å². The first-order valence-electron chi connectivity index (χ1n) is 6.38. The third-order valence-corrected chi connectivity index (χ3v) is 4.23. The maximum atomic E-state index is 5.83. The summed E-state index contributed by atoms with van der Waals surface area (Å²) in [6.07, 6.45) is 5.67. The maximum Gasteiger partial charge on any atom is 0.0343 e. The minimum Gasteiger partial charge on any atom is -0.329 e.